The minimum absolute atomic E-state index is 0. The number of morpholine rings is 1. The van der Waals surface area contributed by atoms with Crippen LogP contribution in [0.2, 0.25) is 0 Å². The molecule has 7 heteroatoms. The molecule has 7 nitrogen and oxygen atoms in total. The maximum atomic E-state index is 8.66. The molecule has 1 saturated heterocycles. The van der Waals surface area contributed by atoms with E-state index in [0.717, 1.165) is 18.9 Å². The van der Waals surface area contributed by atoms with E-state index in [-0.39, 0.29) is 13.6 Å². The van der Waals surface area contributed by atoms with Crippen molar-refractivity contribution in [3.63, 3.8) is 0 Å². The Morgan fingerprint density at radius 1 is 1.42 bits per heavy atom. The summed E-state index contributed by atoms with van der Waals surface area (Å²) >= 11 is 0. The van der Waals surface area contributed by atoms with Gasteiger partial charge in [-0.1, -0.05) is 0 Å². The first-order valence-electron chi connectivity index (χ1n) is 8.91. The van der Waals surface area contributed by atoms with Gasteiger partial charge in [0.2, 0.25) is 0 Å². The molecule has 1 atom stereocenters. The van der Waals surface area contributed by atoms with E-state index in [1.165, 1.54) is 0 Å². The van der Waals surface area contributed by atoms with Gasteiger partial charge in [-0.3, -0.25) is 10.1 Å². The lowest BCUT2D eigenvalue weighted by Gasteiger charge is -2.31. The molecule has 0 saturated carbocycles. The molecule has 2 aromatic rings. The van der Waals surface area contributed by atoms with E-state index >= 15 is 0 Å². The van der Waals surface area contributed by atoms with Crippen LogP contribution in [0.25, 0.3) is 0 Å². The molecule has 0 unspecified atom stereocenters. The maximum Gasteiger partial charge on any atom is 0.151 e. The quantitative estimate of drug-likeness (QED) is 0.633. The third-order valence-corrected chi connectivity index (χ3v) is 4.35. The van der Waals surface area contributed by atoms with Crippen molar-refractivity contribution in [3.05, 3.63) is 35.5 Å². The summed E-state index contributed by atoms with van der Waals surface area (Å²) < 4.78 is 13.1. The van der Waals surface area contributed by atoms with Crippen molar-refractivity contribution in [2.75, 3.05) is 30.3 Å². The first-order valence-corrected chi connectivity index (χ1v) is 8.91. The summed E-state index contributed by atoms with van der Waals surface area (Å²) in [7, 11) is 1.85. The van der Waals surface area contributed by atoms with Crippen LogP contribution in [-0.4, -0.2) is 47.4 Å². The Kier molecular flexibility index (Phi) is 5.18. The normalized spacial score (nSPS) is 17.6. The molecular formula is C19H29N5O2. The number of aryl methyl sites for hydroxylation is 1. The van der Waals surface area contributed by atoms with E-state index in [1.54, 1.807) is 10.7 Å². The topological polar surface area (TPSA) is 89.4 Å². The fraction of sp³-hybridized carbons (Fsp3) is 0.474. The van der Waals surface area contributed by atoms with Crippen molar-refractivity contribution in [1.82, 2.24) is 9.78 Å². The number of nitrogen functional groups attached to an aromatic ring is 1. The molecule has 0 radical (unpaired) electrons. The van der Waals surface area contributed by atoms with Gasteiger partial charge in [-0.15, -0.1) is 0 Å². The number of hydrogen-bond acceptors (Lipinski definition) is 6. The second-order valence-corrected chi connectivity index (χ2v) is 6.93. The van der Waals surface area contributed by atoms with Crippen molar-refractivity contribution in [1.29, 1.82) is 5.41 Å². The third-order valence-electron chi connectivity index (χ3n) is 4.35. The van der Waals surface area contributed by atoms with E-state index < -0.39 is 0 Å². The summed E-state index contributed by atoms with van der Waals surface area (Å²) in [6.07, 6.45) is 0.237. The minimum Gasteiger partial charge on any atom is -0.491 e. The predicted molar refractivity (Wildman–Crippen MR) is 105 cm³/mol. The van der Waals surface area contributed by atoms with Crippen molar-refractivity contribution in [3.8, 4) is 5.75 Å². The molecule has 142 valence electrons. The highest BCUT2D eigenvalue weighted by Crippen LogP contribution is 2.25. The van der Waals surface area contributed by atoms with Crippen LogP contribution < -0.4 is 15.4 Å². The Hall–Kier alpha value is -2.54. The Bertz CT molecular complexity index is 805. The van der Waals surface area contributed by atoms with Crippen LogP contribution >= 0.6 is 0 Å². The SMILES string of the molecule is CC(C)Oc1ccc(N)c(C(=N)c2cc(N3CCO[C@H](C)C3)nn2C)c1.[HH]. The fourth-order valence-corrected chi connectivity index (χ4v) is 3.10. The number of hydrogen-bond donors (Lipinski definition) is 2. The lowest BCUT2D eigenvalue weighted by Crippen LogP contribution is -2.41. The van der Waals surface area contributed by atoms with Crippen LogP contribution in [0.3, 0.4) is 0 Å². The van der Waals surface area contributed by atoms with Crippen molar-refractivity contribution in [2.24, 2.45) is 7.05 Å². The summed E-state index contributed by atoms with van der Waals surface area (Å²) in [5.41, 5.74) is 8.37. The second kappa shape index (κ2) is 7.37. The van der Waals surface area contributed by atoms with Crippen LogP contribution in [0.1, 0.15) is 33.5 Å². The highest BCUT2D eigenvalue weighted by atomic mass is 16.5. The Labute approximate surface area is 155 Å². The molecule has 0 amide bonds. The van der Waals surface area contributed by atoms with E-state index in [4.69, 9.17) is 20.6 Å². The summed E-state index contributed by atoms with van der Waals surface area (Å²) in [6.45, 7) is 8.28. The number of benzene rings is 1. The van der Waals surface area contributed by atoms with Crippen LogP contribution in [-0.2, 0) is 11.8 Å². The molecule has 3 rings (SSSR count). The highest BCUT2D eigenvalue weighted by Gasteiger charge is 2.22. The largest absolute Gasteiger partial charge is 0.491 e. The van der Waals surface area contributed by atoms with E-state index in [1.807, 2.05) is 39.1 Å². The zero-order valence-corrected chi connectivity index (χ0v) is 15.8. The maximum absolute atomic E-state index is 8.66. The molecule has 3 N–H and O–H groups in total. The monoisotopic (exact) mass is 359 g/mol. The number of nitrogens with zero attached hydrogens (tertiary/aromatic N) is 3. The molecule has 1 aliphatic heterocycles. The van der Waals surface area contributed by atoms with E-state index in [9.17, 15) is 0 Å². The lowest BCUT2D eigenvalue weighted by molar-refractivity contribution is 0.0529. The summed E-state index contributed by atoms with van der Waals surface area (Å²) in [4.78, 5) is 2.19. The van der Waals surface area contributed by atoms with Gasteiger partial charge in [-0.05, 0) is 39.0 Å². The molecule has 1 fully saturated rings. The fourth-order valence-electron chi connectivity index (χ4n) is 3.10. The average Bonchev–Trinajstić information content (AvgIpc) is 2.97. The second-order valence-electron chi connectivity index (χ2n) is 6.93. The van der Waals surface area contributed by atoms with Gasteiger partial charge in [-0.2, -0.15) is 5.10 Å². The number of nitrogens with one attached hydrogen (secondary N) is 1. The molecule has 0 spiro atoms. The van der Waals surface area contributed by atoms with Gasteiger partial charge in [-0.25, -0.2) is 0 Å². The molecule has 0 bridgehead atoms. The first-order chi connectivity index (χ1) is 12.3. The van der Waals surface area contributed by atoms with Gasteiger partial charge in [0.1, 0.15) is 5.75 Å². The minimum atomic E-state index is 0. The Morgan fingerprint density at radius 2 is 2.19 bits per heavy atom. The average molecular weight is 359 g/mol. The predicted octanol–water partition coefficient (Wildman–Crippen LogP) is 2.68. The standard InChI is InChI=1S/C19H27N5O2.H2/c1-12(2)26-14-5-6-16(20)15(9-14)19(21)17-10-18(22-23(17)4)24-7-8-25-13(3)11-24;/h5-6,9-10,12-13,21H,7-8,11,20H2,1-4H3;1H/t13-;/m1./s1. The smallest absolute Gasteiger partial charge is 0.151 e. The van der Waals surface area contributed by atoms with E-state index in [2.05, 4.69) is 16.9 Å². The van der Waals surface area contributed by atoms with Gasteiger partial charge < -0.3 is 20.1 Å². The van der Waals surface area contributed by atoms with Gasteiger partial charge in [0.05, 0.1) is 30.2 Å². The summed E-state index contributed by atoms with van der Waals surface area (Å²) in [5.74, 6) is 1.56. The molecule has 1 aromatic heterocycles. The van der Waals surface area contributed by atoms with Crippen molar-refractivity contribution < 1.29 is 10.9 Å². The van der Waals surface area contributed by atoms with Crippen LogP contribution in [0.4, 0.5) is 11.5 Å². The van der Waals surface area contributed by atoms with Crippen molar-refractivity contribution in [2.45, 2.75) is 33.0 Å². The number of ether oxygens (including phenoxy) is 2. The Morgan fingerprint density at radius 3 is 2.88 bits per heavy atom. The van der Waals surface area contributed by atoms with Gasteiger partial charge in [0, 0.05) is 38.9 Å². The number of aromatic nitrogens is 2. The van der Waals surface area contributed by atoms with Crippen LogP contribution in [0.5, 0.6) is 5.75 Å². The van der Waals surface area contributed by atoms with Gasteiger partial charge in [0.25, 0.3) is 0 Å². The molecule has 2 heterocycles. The Balaban J connectivity index is 0.00000261. The molecule has 1 aliphatic rings. The molecule has 26 heavy (non-hydrogen) atoms. The summed E-state index contributed by atoms with van der Waals surface area (Å²) in [5, 5.41) is 13.2. The number of rotatable bonds is 5. The third kappa shape index (κ3) is 3.83. The van der Waals surface area contributed by atoms with Crippen LogP contribution in [0, 0.1) is 5.41 Å². The highest BCUT2D eigenvalue weighted by molar-refractivity contribution is 6.13. The van der Waals surface area contributed by atoms with E-state index in [0.29, 0.717) is 35.0 Å². The summed E-state index contributed by atoms with van der Waals surface area (Å²) in [6, 6.07) is 7.37. The number of nitrogens with two attached hydrogens (primary N) is 1. The number of anilines is 2. The van der Waals surface area contributed by atoms with Gasteiger partial charge >= 0.3 is 0 Å². The zero-order chi connectivity index (χ0) is 18.8. The molecule has 0 aliphatic carbocycles. The molecular weight excluding hydrogens is 330 g/mol. The first kappa shape index (κ1) is 18.3. The molecule has 1 aromatic carbocycles. The lowest BCUT2D eigenvalue weighted by atomic mass is 10.0. The van der Waals surface area contributed by atoms with Crippen LogP contribution in [0.15, 0.2) is 24.3 Å². The van der Waals surface area contributed by atoms with Gasteiger partial charge in [0.15, 0.2) is 5.82 Å². The zero-order valence-electron chi connectivity index (χ0n) is 15.8. The van der Waals surface area contributed by atoms with Crippen molar-refractivity contribution >= 4 is 17.2 Å².